The van der Waals surface area contributed by atoms with Crippen LogP contribution in [0.15, 0.2) is 42.5 Å². The van der Waals surface area contributed by atoms with Crippen LogP contribution >= 0.6 is 0 Å². The van der Waals surface area contributed by atoms with Crippen molar-refractivity contribution >= 4 is 11.6 Å². The number of hydrogen-bond acceptors (Lipinski definition) is 3. The molecule has 0 spiro atoms. The van der Waals surface area contributed by atoms with Crippen molar-refractivity contribution < 1.29 is 14.3 Å². The van der Waals surface area contributed by atoms with Gasteiger partial charge in [0.1, 0.15) is 18.1 Å². The summed E-state index contributed by atoms with van der Waals surface area (Å²) in [6, 6.07) is 13.6. The van der Waals surface area contributed by atoms with Crippen LogP contribution < -0.4 is 14.4 Å². The van der Waals surface area contributed by atoms with Gasteiger partial charge in [0.15, 0.2) is 6.61 Å². The normalized spacial score (nSPS) is 13.3. The van der Waals surface area contributed by atoms with E-state index in [0.29, 0.717) is 13.2 Å². The van der Waals surface area contributed by atoms with Crippen LogP contribution in [0.3, 0.4) is 0 Å². The minimum Gasteiger partial charge on any atom is -0.490 e. The number of carbonyl (C=O) groups is 1. The summed E-state index contributed by atoms with van der Waals surface area (Å²) >= 11 is 0. The number of rotatable bonds is 3. The number of ether oxygens (including phenoxy) is 2. The maximum atomic E-state index is 12.5. The SMILES string of the molecule is Cc1ccc2c(c1)N(C(=O)COc1ccccc1C)CCO2. The minimum atomic E-state index is -0.0570. The highest BCUT2D eigenvalue weighted by molar-refractivity contribution is 5.96. The number of carbonyl (C=O) groups excluding carboxylic acids is 1. The zero-order chi connectivity index (χ0) is 15.5. The topological polar surface area (TPSA) is 38.8 Å². The molecule has 0 aliphatic carbocycles. The molecule has 0 saturated carbocycles. The van der Waals surface area contributed by atoms with Gasteiger partial charge in [-0.25, -0.2) is 0 Å². The van der Waals surface area contributed by atoms with Gasteiger partial charge in [0.2, 0.25) is 0 Å². The predicted octanol–water partition coefficient (Wildman–Crippen LogP) is 3.11. The molecule has 0 aromatic heterocycles. The number of benzene rings is 2. The standard InChI is InChI=1S/C18H19NO3/c1-13-7-8-17-15(11-13)19(9-10-21-17)18(20)12-22-16-6-4-3-5-14(16)2/h3-8,11H,9-10,12H2,1-2H3. The molecular weight excluding hydrogens is 278 g/mol. The monoisotopic (exact) mass is 297 g/mol. The molecule has 0 atom stereocenters. The summed E-state index contributed by atoms with van der Waals surface area (Å²) in [5.41, 5.74) is 2.94. The van der Waals surface area contributed by atoms with Gasteiger partial charge < -0.3 is 14.4 Å². The van der Waals surface area contributed by atoms with Crippen molar-refractivity contribution in [3.05, 3.63) is 53.6 Å². The fraction of sp³-hybridized carbons (Fsp3) is 0.278. The lowest BCUT2D eigenvalue weighted by atomic mass is 10.1. The van der Waals surface area contributed by atoms with E-state index in [1.165, 1.54) is 0 Å². The van der Waals surface area contributed by atoms with Gasteiger partial charge in [0.25, 0.3) is 5.91 Å². The third kappa shape index (κ3) is 2.91. The van der Waals surface area contributed by atoms with Gasteiger partial charge in [0, 0.05) is 0 Å². The van der Waals surface area contributed by atoms with Crippen molar-refractivity contribution in [2.45, 2.75) is 13.8 Å². The highest BCUT2D eigenvalue weighted by Gasteiger charge is 2.24. The van der Waals surface area contributed by atoms with Crippen molar-refractivity contribution in [3.8, 4) is 11.5 Å². The summed E-state index contributed by atoms with van der Waals surface area (Å²) in [5, 5.41) is 0. The summed E-state index contributed by atoms with van der Waals surface area (Å²) in [6.45, 7) is 5.05. The molecule has 1 aliphatic heterocycles. The number of aryl methyl sites for hydroxylation is 2. The number of fused-ring (bicyclic) bond motifs is 1. The van der Waals surface area contributed by atoms with Gasteiger partial charge in [-0.3, -0.25) is 4.79 Å². The Morgan fingerprint density at radius 1 is 1.23 bits per heavy atom. The second kappa shape index (κ2) is 6.10. The van der Waals surface area contributed by atoms with E-state index in [2.05, 4.69) is 0 Å². The summed E-state index contributed by atoms with van der Waals surface area (Å²) in [7, 11) is 0. The molecule has 0 N–H and O–H groups in total. The second-order valence-electron chi connectivity index (χ2n) is 5.42. The van der Waals surface area contributed by atoms with E-state index in [1.54, 1.807) is 4.90 Å². The molecular formula is C18H19NO3. The van der Waals surface area contributed by atoms with E-state index >= 15 is 0 Å². The van der Waals surface area contributed by atoms with E-state index in [-0.39, 0.29) is 12.5 Å². The van der Waals surface area contributed by atoms with Crippen LogP contribution in [0, 0.1) is 13.8 Å². The molecule has 0 fully saturated rings. The van der Waals surface area contributed by atoms with E-state index < -0.39 is 0 Å². The molecule has 4 nitrogen and oxygen atoms in total. The lowest BCUT2D eigenvalue weighted by molar-refractivity contribution is -0.120. The van der Waals surface area contributed by atoms with Gasteiger partial charge in [-0.2, -0.15) is 0 Å². The molecule has 0 saturated heterocycles. The molecule has 1 heterocycles. The zero-order valence-corrected chi connectivity index (χ0v) is 12.8. The Morgan fingerprint density at radius 3 is 2.86 bits per heavy atom. The second-order valence-corrected chi connectivity index (χ2v) is 5.42. The number of anilines is 1. The summed E-state index contributed by atoms with van der Waals surface area (Å²) < 4.78 is 11.3. The summed E-state index contributed by atoms with van der Waals surface area (Å²) in [5.74, 6) is 1.44. The lowest BCUT2D eigenvalue weighted by Crippen LogP contribution is -2.40. The van der Waals surface area contributed by atoms with E-state index in [9.17, 15) is 4.79 Å². The lowest BCUT2D eigenvalue weighted by Gasteiger charge is -2.29. The average Bonchev–Trinajstić information content (AvgIpc) is 2.53. The van der Waals surface area contributed by atoms with Crippen LogP contribution in [0.5, 0.6) is 11.5 Å². The quantitative estimate of drug-likeness (QED) is 0.874. The number of hydrogen-bond donors (Lipinski definition) is 0. The summed E-state index contributed by atoms with van der Waals surface area (Å²) in [4.78, 5) is 14.2. The third-order valence-electron chi connectivity index (χ3n) is 3.72. The molecule has 1 aliphatic rings. The molecule has 0 radical (unpaired) electrons. The van der Waals surface area contributed by atoms with Crippen molar-refractivity contribution in [3.63, 3.8) is 0 Å². The number of nitrogens with zero attached hydrogens (tertiary/aromatic N) is 1. The molecule has 3 rings (SSSR count). The first-order valence-corrected chi connectivity index (χ1v) is 7.37. The van der Waals surface area contributed by atoms with Crippen LogP contribution in [0.4, 0.5) is 5.69 Å². The largest absolute Gasteiger partial charge is 0.490 e. The van der Waals surface area contributed by atoms with Gasteiger partial charge in [-0.15, -0.1) is 0 Å². The maximum Gasteiger partial charge on any atom is 0.265 e. The van der Waals surface area contributed by atoms with Crippen LogP contribution in [0.25, 0.3) is 0 Å². The first-order chi connectivity index (χ1) is 10.6. The Labute approximate surface area is 130 Å². The van der Waals surface area contributed by atoms with Gasteiger partial charge in [-0.1, -0.05) is 24.3 Å². The van der Waals surface area contributed by atoms with Crippen LogP contribution in [0.2, 0.25) is 0 Å². The third-order valence-corrected chi connectivity index (χ3v) is 3.72. The highest BCUT2D eigenvalue weighted by Crippen LogP contribution is 2.32. The van der Waals surface area contributed by atoms with Crippen LogP contribution in [0.1, 0.15) is 11.1 Å². The molecule has 114 valence electrons. The van der Waals surface area contributed by atoms with Crippen molar-refractivity contribution in [1.82, 2.24) is 0 Å². The molecule has 0 bridgehead atoms. The fourth-order valence-electron chi connectivity index (χ4n) is 2.52. The molecule has 2 aromatic rings. The van der Waals surface area contributed by atoms with Crippen LogP contribution in [-0.2, 0) is 4.79 Å². The molecule has 2 aromatic carbocycles. The Hall–Kier alpha value is -2.49. The Morgan fingerprint density at radius 2 is 2.05 bits per heavy atom. The smallest absolute Gasteiger partial charge is 0.265 e. The summed E-state index contributed by atoms with van der Waals surface area (Å²) in [6.07, 6.45) is 0. The number of para-hydroxylation sites is 1. The van der Waals surface area contributed by atoms with Gasteiger partial charge in [0.05, 0.1) is 12.2 Å². The minimum absolute atomic E-state index is 0.0260. The first kappa shape index (κ1) is 14.4. The molecule has 4 heteroatoms. The van der Waals surface area contributed by atoms with E-state index in [0.717, 1.165) is 28.3 Å². The van der Waals surface area contributed by atoms with E-state index in [1.807, 2.05) is 56.3 Å². The van der Waals surface area contributed by atoms with Crippen molar-refractivity contribution in [2.24, 2.45) is 0 Å². The maximum absolute atomic E-state index is 12.5. The van der Waals surface area contributed by atoms with Gasteiger partial charge >= 0.3 is 0 Å². The Bertz CT molecular complexity index is 696. The molecule has 0 unspecified atom stereocenters. The van der Waals surface area contributed by atoms with E-state index in [4.69, 9.17) is 9.47 Å². The Balaban J connectivity index is 1.74. The van der Waals surface area contributed by atoms with Crippen LogP contribution in [-0.4, -0.2) is 25.7 Å². The molecule has 1 amide bonds. The Kier molecular flexibility index (Phi) is 4.00. The molecule has 22 heavy (non-hydrogen) atoms. The number of amides is 1. The fourth-order valence-corrected chi connectivity index (χ4v) is 2.52. The van der Waals surface area contributed by atoms with Crippen molar-refractivity contribution in [2.75, 3.05) is 24.7 Å². The average molecular weight is 297 g/mol. The zero-order valence-electron chi connectivity index (χ0n) is 12.8. The predicted molar refractivity (Wildman–Crippen MR) is 85.7 cm³/mol. The van der Waals surface area contributed by atoms with Crippen molar-refractivity contribution in [1.29, 1.82) is 0 Å². The van der Waals surface area contributed by atoms with Gasteiger partial charge in [-0.05, 0) is 43.2 Å². The highest BCUT2D eigenvalue weighted by atomic mass is 16.5. The first-order valence-electron chi connectivity index (χ1n) is 7.37.